The van der Waals surface area contributed by atoms with E-state index in [4.69, 9.17) is 21.4 Å². The summed E-state index contributed by atoms with van der Waals surface area (Å²) in [6.45, 7) is 1.82. The predicted molar refractivity (Wildman–Crippen MR) is 75.2 cm³/mol. The van der Waals surface area contributed by atoms with Crippen molar-refractivity contribution in [1.82, 2.24) is 4.90 Å². The standard InChI is InChI=1S/C12H11NO4S2/c1-2-16-10(14)7-13-11(15)9(19-12(13)18)6-8-4-3-5-17-8/h3-6H,2,7H2,1H3. The van der Waals surface area contributed by atoms with Gasteiger partial charge in [-0.1, -0.05) is 24.0 Å². The van der Waals surface area contributed by atoms with Gasteiger partial charge in [0, 0.05) is 6.08 Å². The fourth-order valence-electron chi connectivity index (χ4n) is 1.47. The molecule has 2 heterocycles. The molecule has 100 valence electrons. The number of esters is 1. The number of carbonyl (C=O) groups excluding carboxylic acids is 2. The third kappa shape index (κ3) is 3.24. The van der Waals surface area contributed by atoms with E-state index < -0.39 is 5.97 Å². The van der Waals surface area contributed by atoms with Crippen LogP contribution >= 0.6 is 24.0 Å². The Morgan fingerprint density at radius 2 is 2.42 bits per heavy atom. The van der Waals surface area contributed by atoms with Gasteiger partial charge in [-0.3, -0.25) is 14.5 Å². The van der Waals surface area contributed by atoms with Crippen LogP contribution in [-0.2, 0) is 14.3 Å². The van der Waals surface area contributed by atoms with Crippen molar-refractivity contribution < 1.29 is 18.7 Å². The third-order valence-corrected chi connectivity index (χ3v) is 3.66. The average Bonchev–Trinajstić information content (AvgIpc) is 2.95. The van der Waals surface area contributed by atoms with Crippen molar-refractivity contribution in [2.45, 2.75) is 6.92 Å². The Kier molecular flexibility index (Phi) is 4.39. The summed E-state index contributed by atoms with van der Waals surface area (Å²) in [7, 11) is 0. The minimum absolute atomic E-state index is 0.159. The quantitative estimate of drug-likeness (QED) is 0.481. The van der Waals surface area contributed by atoms with Crippen LogP contribution in [0.3, 0.4) is 0 Å². The van der Waals surface area contributed by atoms with Crippen LogP contribution in [0.15, 0.2) is 27.7 Å². The van der Waals surface area contributed by atoms with Crippen LogP contribution in [0.2, 0.25) is 0 Å². The Labute approximate surface area is 119 Å². The van der Waals surface area contributed by atoms with Crippen molar-refractivity contribution in [3.63, 3.8) is 0 Å². The maximum Gasteiger partial charge on any atom is 0.326 e. The highest BCUT2D eigenvalue weighted by molar-refractivity contribution is 8.26. The summed E-state index contributed by atoms with van der Waals surface area (Å²) >= 11 is 6.22. The van der Waals surface area contributed by atoms with Gasteiger partial charge in [0.2, 0.25) is 0 Å². The molecule has 19 heavy (non-hydrogen) atoms. The normalized spacial score (nSPS) is 17.3. The molecule has 0 atom stereocenters. The number of hydrogen-bond acceptors (Lipinski definition) is 6. The van der Waals surface area contributed by atoms with Crippen LogP contribution in [-0.4, -0.2) is 34.2 Å². The lowest BCUT2D eigenvalue weighted by molar-refractivity contribution is -0.145. The molecule has 0 aliphatic carbocycles. The first kappa shape index (κ1) is 13.8. The summed E-state index contributed by atoms with van der Waals surface area (Å²) < 4.78 is 10.3. The average molecular weight is 297 g/mol. The minimum Gasteiger partial charge on any atom is -0.465 e. The van der Waals surface area contributed by atoms with E-state index in [1.807, 2.05) is 0 Å². The number of thiocarbonyl (C=S) groups is 1. The molecule has 1 amide bonds. The molecule has 1 aromatic rings. The van der Waals surface area contributed by atoms with Gasteiger partial charge in [-0.15, -0.1) is 0 Å². The van der Waals surface area contributed by atoms with E-state index in [9.17, 15) is 9.59 Å². The summed E-state index contributed by atoms with van der Waals surface area (Å²) in [6, 6.07) is 3.46. The van der Waals surface area contributed by atoms with Gasteiger partial charge in [-0.25, -0.2) is 0 Å². The van der Waals surface area contributed by atoms with Crippen LogP contribution in [0.5, 0.6) is 0 Å². The van der Waals surface area contributed by atoms with E-state index in [-0.39, 0.29) is 19.1 Å². The van der Waals surface area contributed by atoms with Crippen molar-refractivity contribution >= 4 is 46.3 Å². The predicted octanol–water partition coefficient (Wildman–Crippen LogP) is 2.04. The van der Waals surface area contributed by atoms with Gasteiger partial charge in [0.25, 0.3) is 5.91 Å². The Balaban J connectivity index is 2.10. The number of rotatable bonds is 4. The Hall–Kier alpha value is -1.60. The first-order chi connectivity index (χ1) is 9.11. The van der Waals surface area contributed by atoms with Gasteiger partial charge in [0.1, 0.15) is 16.6 Å². The number of nitrogens with zero attached hydrogens (tertiary/aromatic N) is 1. The van der Waals surface area contributed by atoms with Crippen LogP contribution in [0.1, 0.15) is 12.7 Å². The molecule has 5 nitrogen and oxygen atoms in total. The van der Waals surface area contributed by atoms with Crippen LogP contribution < -0.4 is 0 Å². The number of ether oxygens (including phenoxy) is 1. The van der Waals surface area contributed by atoms with E-state index in [2.05, 4.69) is 0 Å². The molecule has 0 bridgehead atoms. The zero-order valence-electron chi connectivity index (χ0n) is 10.1. The number of carbonyl (C=O) groups is 2. The van der Waals surface area contributed by atoms with Crippen molar-refractivity contribution in [2.24, 2.45) is 0 Å². The second-order valence-corrected chi connectivity index (χ2v) is 5.26. The van der Waals surface area contributed by atoms with Gasteiger partial charge in [-0.05, 0) is 19.1 Å². The van der Waals surface area contributed by atoms with Crippen LogP contribution in [0, 0.1) is 0 Å². The molecule has 1 aliphatic heterocycles. The summed E-state index contributed by atoms with van der Waals surface area (Å²) in [6.07, 6.45) is 3.12. The highest BCUT2D eigenvalue weighted by Crippen LogP contribution is 2.32. The van der Waals surface area contributed by atoms with Gasteiger partial charge in [0.05, 0.1) is 17.8 Å². The first-order valence-electron chi connectivity index (χ1n) is 5.56. The van der Waals surface area contributed by atoms with E-state index in [1.165, 1.54) is 11.2 Å². The van der Waals surface area contributed by atoms with Gasteiger partial charge in [-0.2, -0.15) is 0 Å². The largest absolute Gasteiger partial charge is 0.465 e. The second-order valence-electron chi connectivity index (χ2n) is 3.59. The molecule has 7 heteroatoms. The molecule has 0 spiro atoms. The third-order valence-electron chi connectivity index (χ3n) is 2.28. The van der Waals surface area contributed by atoms with Crippen molar-refractivity contribution in [1.29, 1.82) is 0 Å². The lowest BCUT2D eigenvalue weighted by atomic mass is 10.3. The van der Waals surface area contributed by atoms with Crippen LogP contribution in [0.4, 0.5) is 0 Å². The van der Waals surface area contributed by atoms with Crippen LogP contribution in [0.25, 0.3) is 6.08 Å². The molecule has 0 unspecified atom stereocenters. The van der Waals surface area contributed by atoms with E-state index in [1.54, 1.807) is 25.1 Å². The Morgan fingerprint density at radius 3 is 3.05 bits per heavy atom. The zero-order valence-corrected chi connectivity index (χ0v) is 11.8. The SMILES string of the molecule is CCOC(=O)CN1C(=O)C(=Cc2ccco2)SC1=S. The smallest absolute Gasteiger partial charge is 0.326 e. The van der Waals surface area contributed by atoms with E-state index >= 15 is 0 Å². The fraction of sp³-hybridized carbons (Fsp3) is 0.250. The highest BCUT2D eigenvalue weighted by Gasteiger charge is 2.33. The maximum atomic E-state index is 12.1. The molecule has 0 radical (unpaired) electrons. The summed E-state index contributed by atoms with van der Waals surface area (Å²) in [4.78, 5) is 25.1. The van der Waals surface area contributed by atoms with Gasteiger partial charge < -0.3 is 9.15 Å². The monoisotopic (exact) mass is 297 g/mol. The molecule has 0 aromatic carbocycles. The van der Waals surface area contributed by atoms with Crippen molar-refractivity contribution in [3.05, 3.63) is 29.1 Å². The van der Waals surface area contributed by atoms with Crippen molar-refractivity contribution in [3.8, 4) is 0 Å². The molecule has 1 saturated heterocycles. The lowest BCUT2D eigenvalue weighted by Crippen LogP contribution is -2.34. The number of hydrogen-bond donors (Lipinski definition) is 0. The number of furan rings is 1. The Bertz CT molecular complexity index is 536. The summed E-state index contributed by atoms with van der Waals surface area (Å²) in [5.74, 6) is -0.214. The zero-order chi connectivity index (χ0) is 13.8. The summed E-state index contributed by atoms with van der Waals surface area (Å²) in [5, 5.41) is 0. The first-order valence-corrected chi connectivity index (χ1v) is 6.78. The summed E-state index contributed by atoms with van der Waals surface area (Å²) in [5.41, 5.74) is 0. The molecule has 1 aromatic heterocycles. The molecule has 1 fully saturated rings. The highest BCUT2D eigenvalue weighted by atomic mass is 32.2. The maximum absolute atomic E-state index is 12.1. The molecular weight excluding hydrogens is 286 g/mol. The lowest BCUT2D eigenvalue weighted by Gasteiger charge is -2.12. The van der Waals surface area contributed by atoms with Gasteiger partial charge >= 0.3 is 5.97 Å². The number of amides is 1. The molecule has 0 N–H and O–H groups in total. The topological polar surface area (TPSA) is 59.8 Å². The minimum atomic E-state index is -0.474. The molecular formula is C12H11NO4S2. The Morgan fingerprint density at radius 1 is 1.63 bits per heavy atom. The molecule has 2 rings (SSSR count). The van der Waals surface area contributed by atoms with Gasteiger partial charge in [0.15, 0.2) is 0 Å². The van der Waals surface area contributed by atoms with E-state index in [0.29, 0.717) is 15.0 Å². The van der Waals surface area contributed by atoms with Crippen molar-refractivity contribution in [2.75, 3.05) is 13.2 Å². The molecule has 1 aliphatic rings. The fourth-order valence-corrected chi connectivity index (χ4v) is 2.71. The number of thioether (sulfide) groups is 1. The molecule has 0 saturated carbocycles. The second kappa shape index (κ2) is 6.03. The van der Waals surface area contributed by atoms with E-state index in [0.717, 1.165) is 11.8 Å².